The Morgan fingerprint density at radius 1 is 1.00 bits per heavy atom. The predicted octanol–water partition coefficient (Wildman–Crippen LogP) is 2.34. The summed E-state index contributed by atoms with van der Waals surface area (Å²) in [6.07, 6.45) is 1.01. The molecule has 1 aromatic heterocycles. The van der Waals surface area contributed by atoms with Crippen LogP contribution in [0.4, 0.5) is 4.39 Å². The Bertz CT molecular complexity index is 1380. The molecule has 0 bridgehead atoms. The van der Waals surface area contributed by atoms with Crippen LogP contribution < -0.4 is 10.5 Å². The minimum absolute atomic E-state index is 0.0603. The lowest BCUT2D eigenvalue weighted by Gasteiger charge is -2.15. The van der Waals surface area contributed by atoms with Crippen LogP contribution in [0.15, 0.2) is 83.8 Å². The maximum Gasteiger partial charge on any atom is 0.238 e. The normalized spacial score (nSPS) is 12.5. The number of rotatable bonds is 10. The molecule has 4 rings (SSSR count). The lowest BCUT2D eigenvalue weighted by Crippen LogP contribution is -2.34. The van der Waals surface area contributed by atoms with E-state index in [4.69, 9.17) is 5.14 Å². The molecule has 0 fully saturated rings. The predicted molar refractivity (Wildman–Crippen MR) is 130 cm³/mol. The number of nitrogens with zero attached hydrogens (tertiary/aromatic N) is 3. The van der Waals surface area contributed by atoms with E-state index in [9.17, 15) is 17.9 Å². The van der Waals surface area contributed by atoms with Gasteiger partial charge < -0.3 is 10.4 Å². The topological polar surface area (TPSA) is 123 Å². The number of primary sulfonamides is 1. The third-order valence-electron chi connectivity index (χ3n) is 5.49. The minimum atomic E-state index is -4.04. The third kappa shape index (κ3) is 6.37. The first kappa shape index (κ1) is 24.7. The van der Waals surface area contributed by atoms with Crippen molar-refractivity contribution in [1.82, 2.24) is 20.1 Å². The van der Waals surface area contributed by atoms with Gasteiger partial charge in [0.05, 0.1) is 18.0 Å². The van der Waals surface area contributed by atoms with Gasteiger partial charge in [0.2, 0.25) is 10.0 Å². The summed E-state index contributed by atoms with van der Waals surface area (Å²) in [5, 5.41) is 22.7. The molecule has 0 amide bonds. The van der Waals surface area contributed by atoms with Crippen molar-refractivity contribution in [2.24, 2.45) is 5.14 Å². The molecule has 8 nitrogen and oxygen atoms in total. The van der Waals surface area contributed by atoms with E-state index >= 15 is 0 Å². The van der Waals surface area contributed by atoms with Crippen molar-refractivity contribution >= 4 is 10.0 Å². The molecule has 0 unspecified atom stereocenters. The van der Waals surface area contributed by atoms with Crippen molar-refractivity contribution in [2.45, 2.75) is 30.3 Å². The fourth-order valence-electron chi connectivity index (χ4n) is 3.72. The molecule has 182 valence electrons. The van der Waals surface area contributed by atoms with Crippen molar-refractivity contribution in [3.05, 3.63) is 107 Å². The highest BCUT2D eigenvalue weighted by molar-refractivity contribution is 7.89. The van der Waals surface area contributed by atoms with Crippen LogP contribution in [-0.2, 0) is 29.4 Å². The van der Waals surface area contributed by atoms with Crippen LogP contribution in [0.25, 0.3) is 5.69 Å². The number of nitrogens with one attached hydrogen (secondary N) is 1. The fraction of sp³-hybridized carbons (Fsp3) is 0.200. The highest BCUT2D eigenvalue weighted by Gasteiger charge is 2.19. The first-order valence-corrected chi connectivity index (χ1v) is 12.6. The molecule has 1 atom stereocenters. The van der Waals surface area contributed by atoms with E-state index in [1.54, 1.807) is 0 Å². The number of sulfonamides is 1. The number of aliphatic hydroxyl groups is 1. The Kier molecular flexibility index (Phi) is 7.67. The average molecular weight is 496 g/mol. The number of halogens is 1. The molecule has 0 aliphatic carbocycles. The van der Waals surface area contributed by atoms with E-state index in [1.165, 1.54) is 16.8 Å². The molecular weight excluding hydrogens is 469 g/mol. The van der Waals surface area contributed by atoms with Crippen LogP contribution >= 0.6 is 0 Å². The standard InChI is InChI=1S/C25H26FN5O3S/c26-22-15-21(35(27,33)34)11-12-23(22)31-25(14-19-9-5-2-6-10-19)29-24(30-31)16-28-20(17-32)13-18-7-3-1-4-8-18/h1-12,15,20,28,32H,13-14,16-17H2,(H2,27,33,34)/t20-/m0/s1. The van der Waals surface area contributed by atoms with E-state index in [1.807, 2.05) is 60.7 Å². The van der Waals surface area contributed by atoms with Gasteiger partial charge in [0, 0.05) is 12.5 Å². The van der Waals surface area contributed by atoms with Gasteiger partial charge in [0.25, 0.3) is 0 Å². The number of aliphatic hydroxyl groups excluding tert-OH is 1. The Morgan fingerprint density at radius 3 is 2.26 bits per heavy atom. The molecule has 1 heterocycles. The van der Waals surface area contributed by atoms with Crippen LogP contribution in [0.5, 0.6) is 0 Å². The number of benzene rings is 3. The van der Waals surface area contributed by atoms with E-state index in [2.05, 4.69) is 15.4 Å². The summed E-state index contributed by atoms with van der Waals surface area (Å²) in [6, 6.07) is 22.6. The second-order valence-electron chi connectivity index (χ2n) is 8.13. The molecule has 35 heavy (non-hydrogen) atoms. The van der Waals surface area contributed by atoms with Gasteiger partial charge >= 0.3 is 0 Å². The molecule has 10 heteroatoms. The summed E-state index contributed by atoms with van der Waals surface area (Å²) in [4.78, 5) is 4.28. The number of nitrogens with two attached hydrogens (primary N) is 1. The van der Waals surface area contributed by atoms with Gasteiger partial charge in [-0.3, -0.25) is 0 Å². The van der Waals surface area contributed by atoms with Crippen molar-refractivity contribution in [3.8, 4) is 5.69 Å². The van der Waals surface area contributed by atoms with Crippen LogP contribution in [0, 0.1) is 5.82 Å². The molecule has 0 radical (unpaired) electrons. The molecule has 0 aliphatic heterocycles. The van der Waals surface area contributed by atoms with E-state index in [-0.39, 0.29) is 29.8 Å². The molecule has 4 aromatic rings. The van der Waals surface area contributed by atoms with Gasteiger partial charge in [-0.2, -0.15) is 0 Å². The quantitative estimate of drug-likeness (QED) is 0.310. The summed E-state index contributed by atoms with van der Waals surface area (Å²) in [6.45, 7) is 0.180. The van der Waals surface area contributed by atoms with Crippen LogP contribution in [-0.4, -0.2) is 40.9 Å². The van der Waals surface area contributed by atoms with Crippen LogP contribution in [0.2, 0.25) is 0 Å². The Morgan fingerprint density at radius 2 is 1.66 bits per heavy atom. The van der Waals surface area contributed by atoms with Gasteiger partial charge in [0.1, 0.15) is 17.3 Å². The second kappa shape index (κ2) is 10.9. The van der Waals surface area contributed by atoms with Crippen molar-refractivity contribution < 1.29 is 17.9 Å². The smallest absolute Gasteiger partial charge is 0.238 e. The van der Waals surface area contributed by atoms with Gasteiger partial charge in [0.15, 0.2) is 5.82 Å². The lowest BCUT2D eigenvalue weighted by atomic mass is 10.1. The first-order chi connectivity index (χ1) is 16.8. The summed E-state index contributed by atoms with van der Waals surface area (Å²) >= 11 is 0. The monoisotopic (exact) mass is 495 g/mol. The zero-order valence-electron chi connectivity index (χ0n) is 18.9. The Hall–Kier alpha value is -3.44. The summed E-state index contributed by atoms with van der Waals surface area (Å²) < 4.78 is 39.5. The summed E-state index contributed by atoms with van der Waals surface area (Å²) in [5.74, 6) is 0.115. The number of hydrogen-bond donors (Lipinski definition) is 3. The Balaban J connectivity index is 1.61. The summed E-state index contributed by atoms with van der Waals surface area (Å²) in [5.41, 5.74) is 2.10. The molecule has 0 aliphatic rings. The fourth-order valence-corrected chi connectivity index (χ4v) is 4.25. The highest BCUT2D eigenvalue weighted by Crippen LogP contribution is 2.20. The van der Waals surface area contributed by atoms with Crippen molar-refractivity contribution in [1.29, 1.82) is 0 Å². The van der Waals surface area contributed by atoms with E-state index in [0.29, 0.717) is 24.5 Å². The number of hydrogen-bond acceptors (Lipinski definition) is 6. The van der Waals surface area contributed by atoms with E-state index < -0.39 is 15.8 Å². The zero-order valence-corrected chi connectivity index (χ0v) is 19.7. The van der Waals surface area contributed by atoms with Crippen LogP contribution in [0.3, 0.4) is 0 Å². The Labute approximate surface area is 203 Å². The first-order valence-electron chi connectivity index (χ1n) is 11.0. The second-order valence-corrected chi connectivity index (χ2v) is 9.69. The summed E-state index contributed by atoms with van der Waals surface area (Å²) in [7, 11) is -4.04. The highest BCUT2D eigenvalue weighted by atomic mass is 32.2. The largest absolute Gasteiger partial charge is 0.395 e. The van der Waals surface area contributed by atoms with Crippen LogP contribution in [0.1, 0.15) is 22.8 Å². The van der Waals surface area contributed by atoms with Gasteiger partial charge in [-0.25, -0.2) is 27.6 Å². The maximum atomic E-state index is 14.9. The molecule has 0 saturated carbocycles. The molecule has 4 N–H and O–H groups in total. The SMILES string of the molecule is NS(=O)(=O)c1ccc(-n2nc(CN[C@H](CO)Cc3ccccc3)nc2Cc2ccccc2)c(F)c1. The molecule has 3 aromatic carbocycles. The van der Waals surface area contributed by atoms with E-state index in [0.717, 1.165) is 17.2 Å². The van der Waals surface area contributed by atoms with Gasteiger partial charge in [-0.1, -0.05) is 60.7 Å². The average Bonchev–Trinajstić information content (AvgIpc) is 3.24. The lowest BCUT2D eigenvalue weighted by molar-refractivity contribution is 0.240. The maximum absolute atomic E-state index is 14.9. The molecule has 0 spiro atoms. The zero-order chi connectivity index (χ0) is 24.8. The van der Waals surface area contributed by atoms with Gasteiger partial charge in [-0.05, 0) is 35.7 Å². The number of aromatic nitrogens is 3. The molecular formula is C25H26FN5O3S. The minimum Gasteiger partial charge on any atom is -0.395 e. The van der Waals surface area contributed by atoms with Crippen molar-refractivity contribution in [2.75, 3.05) is 6.61 Å². The van der Waals surface area contributed by atoms with Crippen molar-refractivity contribution in [3.63, 3.8) is 0 Å². The van der Waals surface area contributed by atoms with Gasteiger partial charge in [-0.15, -0.1) is 5.10 Å². The third-order valence-corrected chi connectivity index (χ3v) is 6.40. The molecule has 0 saturated heterocycles.